The van der Waals surface area contributed by atoms with Gasteiger partial charge in [0.15, 0.2) is 11.5 Å². The fraction of sp³-hybridized carbons (Fsp3) is 0.320. The molecule has 0 unspecified atom stereocenters. The van der Waals surface area contributed by atoms with Crippen LogP contribution in [0.4, 0.5) is 0 Å². The predicted octanol–water partition coefficient (Wildman–Crippen LogP) is 5.49. The first kappa shape index (κ1) is 24.4. The van der Waals surface area contributed by atoms with E-state index in [1.165, 1.54) is 16.7 Å². The molecule has 1 heterocycles. The van der Waals surface area contributed by atoms with Crippen LogP contribution in [0.2, 0.25) is 0 Å². The molecule has 33 heavy (non-hydrogen) atoms. The van der Waals surface area contributed by atoms with E-state index in [4.69, 9.17) is 9.47 Å². The lowest BCUT2D eigenvalue weighted by atomic mass is 10.0. The number of aryl methyl sites for hydroxylation is 4. The highest BCUT2D eigenvalue weighted by atomic mass is 32.2. The SMILES string of the molecule is CCOc1cc(/C=C(\Sc2n[nH]c(CC)n2)C(=O)O)ccc1OCc1c(C)cc(C)cc1C. The van der Waals surface area contributed by atoms with Crippen molar-refractivity contribution in [2.75, 3.05) is 6.61 Å². The fourth-order valence-corrected chi connectivity index (χ4v) is 4.18. The lowest BCUT2D eigenvalue weighted by molar-refractivity contribution is -0.131. The van der Waals surface area contributed by atoms with Gasteiger partial charge in [-0.25, -0.2) is 9.78 Å². The van der Waals surface area contributed by atoms with Gasteiger partial charge in [0.1, 0.15) is 17.3 Å². The molecule has 2 N–H and O–H groups in total. The van der Waals surface area contributed by atoms with Gasteiger partial charge in [-0.05, 0) is 79.9 Å². The summed E-state index contributed by atoms with van der Waals surface area (Å²) in [6.07, 6.45) is 2.27. The summed E-state index contributed by atoms with van der Waals surface area (Å²) in [4.78, 5) is 16.2. The maximum Gasteiger partial charge on any atom is 0.342 e. The molecule has 0 radical (unpaired) electrons. The van der Waals surface area contributed by atoms with Crippen LogP contribution < -0.4 is 9.47 Å². The topological polar surface area (TPSA) is 97.3 Å². The molecule has 8 heteroatoms. The summed E-state index contributed by atoms with van der Waals surface area (Å²) >= 11 is 0.999. The van der Waals surface area contributed by atoms with E-state index in [1.807, 2.05) is 26.0 Å². The first-order chi connectivity index (χ1) is 15.8. The number of hydrogen-bond acceptors (Lipinski definition) is 6. The van der Waals surface area contributed by atoms with E-state index in [9.17, 15) is 9.90 Å². The molecule has 1 aromatic heterocycles. The average molecular weight is 468 g/mol. The Morgan fingerprint density at radius 2 is 1.82 bits per heavy atom. The van der Waals surface area contributed by atoms with Crippen LogP contribution in [0.1, 0.15) is 47.5 Å². The second-order valence-corrected chi connectivity index (χ2v) is 8.65. The molecule has 2 aromatic carbocycles. The molecule has 0 aliphatic carbocycles. The lowest BCUT2D eigenvalue weighted by Crippen LogP contribution is -2.03. The summed E-state index contributed by atoms with van der Waals surface area (Å²) in [7, 11) is 0. The maximum absolute atomic E-state index is 11.8. The van der Waals surface area contributed by atoms with Gasteiger partial charge in [0.25, 0.3) is 0 Å². The van der Waals surface area contributed by atoms with Gasteiger partial charge < -0.3 is 14.6 Å². The van der Waals surface area contributed by atoms with Crippen molar-refractivity contribution in [1.29, 1.82) is 0 Å². The van der Waals surface area contributed by atoms with Crippen molar-refractivity contribution in [3.05, 3.63) is 68.9 Å². The van der Waals surface area contributed by atoms with Crippen LogP contribution in [0.15, 0.2) is 40.4 Å². The number of carboxylic acid groups (broad SMARTS) is 1. The molecule has 0 aliphatic rings. The van der Waals surface area contributed by atoms with Crippen molar-refractivity contribution in [1.82, 2.24) is 15.2 Å². The van der Waals surface area contributed by atoms with Crippen molar-refractivity contribution in [3.8, 4) is 11.5 Å². The number of aromatic amines is 1. The Kier molecular flexibility index (Phi) is 8.16. The van der Waals surface area contributed by atoms with Crippen LogP contribution in [0.5, 0.6) is 11.5 Å². The number of aliphatic carboxylic acids is 1. The molecule has 174 valence electrons. The van der Waals surface area contributed by atoms with Gasteiger partial charge in [0.05, 0.1) is 6.61 Å². The van der Waals surface area contributed by atoms with Crippen LogP contribution in [-0.2, 0) is 17.8 Å². The predicted molar refractivity (Wildman–Crippen MR) is 130 cm³/mol. The number of hydrogen-bond donors (Lipinski definition) is 2. The van der Waals surface area contributed by atoms with E-state index in [0.717, 1.165) is 17.3 Å². The van der Waals surface area contributed by atoms with Crippen molar-refractivity contribution in [3.63, 3.8) is 0 Å². The van der Waals surface area contributed by atoms with Crippen LogP contribution in [0, 0.1) is 20.8 Å². The van der Waals surface area contributed by atoms with Gasteiger partial charge in [0.2, 0.25) is 5.16 Å². The zero-order valence-electron chi connectivity index (χ0n) is 19.6. The van der Waals surface area contributed by atoms with Crippen LogP contribution >= 0.6 is 11.8 Å². The van der Waals surface area contributed by atoms with Crippen LogP contribution in [-0.4, -0.2) is 32.9 Å². The van der Waals surface area contributed by atoms with E-state index < -0.39 is 5.97 Å². The minimum atomic E-state index is -1.05. The first-order valence-electron chi connectivity index (χ1n) is 10.8. The number of thioether (sulfide) groups is 1. The largest absolute Gasteiger partial charge is 0.490 e. The van der Waals surface area contributed by atoms with E-state index in [-0.39, 0.29) is 4.91 Å². The van der Waals surface area contributed by atoms with Crippen molar-refractivity contribution < 1.29 is 19.4 Å². The number of nitrogens with zero attached hydrogens (tertiary/aromatic N) is 2. The number of carboxylic acids is 1. The summed E-state index contributed by atoms with van der Waals surface area (Å²) in [6, 6.07) is 9.69. The molecule has 0 aliphatic heterocycles. The number of nitrogens with one attached hydrogen (secondary N) is 1. The quantitative estimate of drug-likeness (QED) is 0.301. The number of ether oxygens (including phenoxy) is 2. The molecule has 0 fully saturated rings. The minimum absolute atomic E-state index is 0.110. The van der Waals surface area contributed by atoms with Crippen LogP contribution in [0.3, 0.4) is 0 Å². The third-order valence-corrected chi connectivity index (χ3v) is 5.91. The summed E-state index contributed by atoms with van der Waals surface area (Å²) in [5.41, 5.74) is 5.43. The second-order valence-electron chi connectivity index (χ2n) is 7.64. The van der Waals surface area contributed by atoms with Crippen molar-refractivity contribution >= 4 is 23.8 Å². The summed E-state index contributed by atoms with van der Waals surface area (Å²) < 4.78 is 11.9. The molecule has 0 atom stereocenters. The molecule has 3 aromatic rings. The zero-order valence-corrected chi connectivity index (χ0v) is 20.4. The molecule has 7 nitrogen and oxygen atoms in total. The molecule has 0 amide bonds. The second kappa shape index (κ2) is 11.0. The van der Waals surface area contributed by atoms with Crippen molar-refractivity contribution in [2.45, 2.75) is 52.8 Å². The molecule has 3 rings (SSSR count). The highest BCUT2D eigenvalue weighted by molar-refractivity contribution is 8.04. The number of benzene rings is 2. The Morgan fingerprint density at radius 1 is 1.09 bits per heavy atom. The standard InChI is InChI=1S/C25H29N3O4S/c1-6-23-26-25(28-27-23)33-22(24(29)30)13-18-8-9-20(21(12-18)31-7-2)32-14-19-16(4)10-15(3)11-17(19)5/h8-13H,6-7,14H2,1-5H3,(H,29,30)(H,26,27,28)/b22-13-. The Hall–Kier alpha value is -3.26. The number of rotatable bonds is 10. The molecule has 0 spiro atoms. The van der Waals surface area contributed by atoms with Gasteiger partial charge in [-0.1, -0.05) is 30.7 Å². The smallest absolute Gasteiger partial charge is 0.342 e. The van der Waals surface area contributed by atoms with E-state index >= 15 is 0 Å². The van der Waals surface area contributed by atoms with Gasteiger partial charge >= 0.3 is 5.97 Å². The number of carbonyl (C=O) groups is 1. The van der Waals surface area contributed by atoms with Gasteiger partial charge in [-0.2, -0.15) is 0 Å². The zero-order chi connectivity index (χ0) is 24.0. The monoisotopic (exact) mass is 467 g/mol. The average Bonchev–Trinajstić information content (AvgIpc) is 3.21. The minimum Gasteiger partial charge on any atom is -0.490 e. The number of aromatic nitrogens is 3. The normalized spacial score (nSPS) is 11.5. The summed E-state index contributed by atoms with van der Waals surface area (Å²) in [5, 5.41) is 16.9. The maximum atomic E-state index is 11.8. The van der Waals surface area contributed by atoms with Crippen molar-refractivity contribution in [2.24, 2.45) is 0 Å². The van der Waals surface area contributed by atoms with Gasteiger partial charge in [0, 0.05) is 6.42 Å². The van der Waals surface area contributed by atoms with Crippen LogP contribution in [0.25, 0.3) is 6.08 Å². The third-order valence-electron chi connectivity index (χ3n) is 5.04. The van der Waals surface area contributed by atoms with E-state index in [1.54, 1.807) is 12.1 Å². The summed E-state index contributed by atoms with van der Waals surface area (Å²) in [5.74, 6) is 0.835. The Morgan fingerprint density at radius 3 is 2.42 bits per heavy atom. The lowest BCUT2D eigenvalue weighted by Gasteiger charge is -2.16. The van der Waals surface area contributed by atoms with E-state index in [0.29, 0.717) is 47.7 Å². The Bertz CT molecular complexity index is 1150. The first-order valence-corrected chi connectivity index (χ1v) is 11.6. The highest BCUT2D eigenvalue weighted by Crippen LogP contribution is 2.32. The van der Waals surface area contributed by atoms with E-state index in [2.05, 4.69) is 48.1 Å². The Balaban J connectivity index is 1.84. The molecular formula is C25H29N3O4S. The van der Waals surface area contributed by atoms with Gasteiger partial charge in [-0.15, -0.1) is 5.10 Å². The Labute approximate surface area is 198 Å². The highest BCUT2D eigenvalue weighted by Gasteiger charge is 2.15. The molecule has 0 bridgehead atoms. The molecular weight excluding hydrogens is 438 g/mol. The molecule has 0 saturated heterocycles. The third kappa shape index (κ3) is 6.38. The summed E-state index contributed by atoms with van der Waals surface area (Å²) in [6.45, 7) is 11.0. The number of H-pyrrole nitrogens is 1. The van der Waals surface area contributed by atoms with Gasteiger partial charge in [-0.3, -0.25) is 5.10 Å². The fourth-order valence-electron chi connectivity index (χ4n) is 3.46. The molecule has 0 saturated carbocycles.